The number of carbonyl (C=O) groups excluding carboxylic acids is 2. The number of fused-ring (bicyclic) bond motifs is 3. The highest BCUT2D eigenvalue weighted by molar-refractivity contribution is 6.49. The first-order valence-electron chi connectivity index (χ1n) is 12.3. The van der Waals surface area contributed by atoms with E-state index in [4.69, 9.17) is 9.47 Å². The van der Waals surface area contributed by atoms with Gasteiger partial charge in [0.15, 0.2) is 0 Å². The van der Waals surface area contributed by atoms with Crippen LogP contribution in [0.3, 0.4) is 0 Å². The minimum atomic E-state index is -0.449. The van der Waals surface area contributed by atoms with Crippen molar-refractivity contribution in [1.82, 2.24) is 4.90 Å². The van der Waals surface area contributed by atoms with Crippen LogP contribution in [0.1, 0.15) is 48.9 Å². The SMILES string of the molecule is O=C(C=CCC12CCC(CC1)C2)C(=O)c1ccc(OCCN2CCOCC2)c2ccccc12. The maximum Gasteiger partial charge on any atom is 0.233 e. The Bertz CT molecular complexity index is 1050. The van der Waals surface area contributed by atoms with Gasteiger partial charge in [-0.15, -0.1) is 0 Å². The van der Waals surface area contributed by atoms with Crippen molar-refractivity contribution in [1.29, 1.82) is 0 Å². The lowest BCUT2D eigenvalue weighted by Crippen LogP contribution is -2.38. The second-order valence-corrected chi connectivity index (χ2v) is 9.91. The van der Waals surface area contributed by atoms with Gasteiger partial charge < -0.3 is 9.47 Å². The van der Waals surface area contributed by atoms with E-state index in [2.05, 4.69) is 4.90 Å². The molecule has 2 aromatic rings. The number of hydrogen-bond donors (Lipinski definition) is 0. The van der Waals surface area contributed by atoms with Crippen molar-refractivity contribution in [3.05, 3.63) is 54.1 Å². The molecule has 33 heavy (non-hydrogen) atoms. The zero-order chi connectivity index (χ0) is 22.7. The molecule has 2 saturated carbocycles. The van der Waals surface area contributed by atoms with Crippen molar-refractivity contribution in [2.75, 3.05) is 39.5 Å². The van der Waals surface area contributed by atoms with Crippen LogP contribution in [-0.2, 0) is 9.53 Å². The Hall–Kier alpha value is -2.50. The summed E-state index contributed by atoms with van der Waals surface area (Å²) in [5, 5.41) is 1.63. The summed E-state index contributed by atoms with van der Waals surface area (Å²) >= 11 is 0. The molecule has 2 aromatic carbocycles. The number of allylic oxidation sites excluding steroid dienone is 2. The lowest BCUT2D eigenvalue weighted by molar-refractivity contribution is -0.110. The molecule has 0 radical (unpaired) electrons. The van der Waals surface area contributed by atoms with Gasteiger partial charge in [0.25, 0.3) is 0 Å². The number of ether oxygens (including phenoxy) is 2. The average molecular weight is 448 g/mol. The second-order valence-electron chi connectivity index (χ2n) is 9.91. The van der Waals surface area contributed by atoms with Crippen molar-refractivity contribution in [3.63, 3.8) is 0 Å². The Kier molecular flexibility index (Phi) is 6.61. The molecule has 0 amide bonds. The quantitative estimate of drug-likeness (QED) is 0.313. The lowest BCUT2D eigenvalue weighted by Gasteiger charge is -2.26. The molecule has 2 aliphatic carbocycles. The van der Waals surface area contributed by atoms with Crippen LogP contribution in [0.25, 0.3) is 10.8 Å². The average Bonchev–Trinajstić information content (AvgIpc) is 3.45. The summed E-state index contributed by atoms with van der Waals surface area (Å²) in [5.74, 6) is 0.742. The maximum atomic E-state index is 13.0. The summed E-state index contributed by atoms with van der Waals surface area (Å²) in [6.07, 6.45) is 10.8. The van der Waals surface area contributed by atoms with Crippen LogP contribution in [0.2, 0.25) is 0 Å². The molecule has 2 bridgehead atoms. The van der Waals surface area contributed by atoms with Gasteiger partial charge >= 0.3 is 0 Å². The van der Waals surface area contributed by atoms with Crippen molar-refractivity contribution in [2.24, 2.45) is 11.3 Å². The van der Waals surface area contributed by atoms with Gasteiger partial charge in [-0.2, -0.15) is 0 Å². The fourth-order valence-corrected chi connectivity index (χ4v) is 5.93. The fourth-order valence-electron chi connectivity index (χ4n) is 5.93. The Morgan fingerprint density at radius 2 is 1.82 bits per heavy atom. The fraction of sp³-hybridized carbons (Fsp3) is 0.500. The number of morpholine rings is 1. The summed E-state index contributed by atoms with van der Waals surface area (Å²) in [6.45, 7) is 4.79. The van der Waals surface area contributed by atoms with E-state index in [9.17, 15) is 9.59 Å². The normalized spacial score (nSPS) is 25.2. The van der Waals surface area contributed by atoms with Crippen LogP contribution in [-0.4, -0.2) is 55.9 Å². The number of nitrogens with zero attached hydrogens (tertiary/aromatic N) is 1. The van der Waals surface area contributed by atoms with Gasteiger partial charge in [-0.3, -0.25) is 14.5 Å². The van der Waals surface area contributed by atoms with E-state index in [1.807, 2.05) is 36.4 Å². The van der Waals surface area contributed by atoms with Gasteiger partial charge in [-0.25, -0.2) is 0 Å². The third kappa shape index (κ3) is 4.90. The van der Waals surface area contributed by atoms with Gasteiger partial charge in [0.05, 0.1) is 13.2 Å². The summed E-state index contributed by atoms with van der Waals surface area (Å²) in [4.78, 5) is 28.1. The lowest BCUT2D eigenvalue weighted by atomic mass is 9.81. The van der Waals surface area contributed by atoms with Gasteiger partial charge in [-0.1, -0.05) is 30.3 Å². The first kappa shape index (κ1) is 22.3. The highest BCUT2D eigenvalue weighted by atomic mass is 16.5. The molecule has 0 atom stereocenters. The molecule has 0 aromatic heterocycles. The minimum absolute atomic E-state index is 0.386. The van der Waals surface area contributed by atoms with E-state index in [-0.39, 0.29) is 0 Å². The third-order valence-electron chi connectivity index (χ3n) is 7.83. The van der Waals surface area contributed by atoms with Crippen LogP contribution in [0.5, 0.6) is 5.75 Å². The molecule has 5 rings (SSSR count). The predicted octanol–water partition coefficient (Wildman–Crippen LogP) is 4.83. The molecule has 5 heteroatoms. The van der Waals surface area contributed by atoms with Crippen LogP contribution >= 0.6 is 0 Å². The molecule has 1 heterocycles. The van der Waals surface area contributed by atoms with E-state index < -0.39 is 11.6 Å². The van der Waals surface area contributed by atoms with Gasteiger partial charge in [-0.05, 0) is 73.5 Å². The Morgan fingerprint density at radius 3 is 2.55 bits per heavy atom. The molecule has 3 aliphatic rings. The number of ketones is 2. The Balaban J connectivity index is 1.25. The van der Waals surface area contributed by atoms with E-state index in [0.29, 0.717) is 17.6 Å². The number of carbonyl (C=O) groups is 2. The topological polar surface area (TPSA) is 55.8 Å². The van der Waals surface area contributed by atoms with Gasteiger partial charge in [0, 0.05) is 30.6 Å². The summed E-state index contributed by atoms with van der Waals surface area (Å²) in [5.41, 5.74) is 0.831. The third-order valence-corrected chi connectivity index (χ3v) is 7.83. The Morgan fingerprint density at radius 1 is 1.06 bits per heavy atom. The van der Waals surface area contributed by atoms with Crippen LogP contribution in [0, 0.1) is 11.3 Å². The van der Waals surface area contributed by atoms with E-state index in [1.165, 1.54) is 38.2 Å². The van der Waals surface area contributed by atoms with E-state index in [1.54, 1.807) is 6.07 Å². The molecular formula is C28H33NO4. The van der Waals surface area contributed by atoms with Crippen molar-refractivity contribution < 1.29 is 19.1 Å². The molecule has 5 nitrogen and oxygen atoms in total. The monoisotopic (exact) mass is 447 g/mol. The van der Waals surface area contributed by atoms with Crippen molar-refractivity contribution in [3.8, 4) is 5.75 Å². The highest BCUT2D eigenvalue weighted by Gasteiger charge is 2.43. The van der Waals surface area contributed by atoms with Crippen molar-refractivity contribution in [2.45, 2.75) is 38.5 Å². The first-order chi connectivity index (χ1) is 16.1. The molecule has 174 valence electrons. The van der Waals surface area contributed by atoms with Gasteiger partial charge in [0.2, 0.25) is 11.6 Å². The number of hydrogen-bond acceptors (Lipinski definition) is 5. The second kappa shape index (κ2) is 9.78. The summed E-state index contributed by atoms with van der Waals surface area (Å²) in [6, 6.07) is 11.2. The molecule has 1 saturated heterocycles. The summed E-state index contributed by atoms with van der Waals surface area (Å²) in [7, 11) is 0. The molecule has 0 N–H and O–H groups in total. The standard InChI is InChI=1S/C28H33NO4/c30-25(6-3-11-28-12-9-21(20-28)10-13-28)27(31)24-7-8-26(23-5-2-1-4-22(23)24)33-19-16-29-14-17-32-18-15-29/h1-8,21H,9-20H2. The molecule has 0 unspecified atom stereocenters. The molecule has 1 aliphatic heterocycles. The van der Waals surface area contributed by atoms with Gasteiger partial charge in [0.1, 0.15) is 12.4 Å². The summed E-state index contributed by atoms with van der Waals surface area (Å²) < 4.78 is 11.5. The van der Waals surface area contributed by atoms with E-state index >= 15 is 0 Å². The zero-order valence-corrected chi connectivity index (χ0v) is 19.3. The Labute approximate surface area is 195 Å². The molecular weight excluding hydrogens is 414 g/mol. The molecule has 0 spiro atoms. The molecule has 3 fully saturated rings. The highest BCUT2D eigenvalue weighted by Crippen LogP contribution is 2.56. The largest absolute Gasteiger partial charge is 0.492 e. The predicted molar refractivity (Wildman–Crippen MR) is 129 cm³/mol. The smallest absolute Gasteiger partial charge is 0.233 e. The number of Topliss-reactive ketones (excluding diaryl/α,β-unsaturated/α-hetero) is 1. The van der Waals surface area contributed by atoms with Crippen molar-refractivity contribution >= 4 is 22.3 Å². The van der Waals surface area contributed by atoms with E-state index in [0.717, 1.165) is 61.7 Å². The number of rotatable bonds is 9. The zero-order valence-electron chi connectivity index (χ0n) is 19.3. The number of benzene rings is 2. The minimum Gasteiger partial charge on any atom is -0.492 e. The van der Waals surface area contributed by atoms with Crippen LogP contribution in [0.15, 0.2) is 48.6 Å². The maximum absolute atomic E-state index is 13.0. The van der Waals surface area contributed by atoms with Crippen LogP contribution < -0.4 is 4.74 Å². The van der Waals surface area contributed by atoms with Crippen LogP contribution in [0.4, 0.5) is 0 Å². The first-order valence-corrected chi connectivity index (χ1v) is 12.3.